The van der Waals surface area contributed by atoms with Crippen molar-refractivity contribution in [1.29, 1.82) is 0 Å². The molecule has 100 valence electrons. The van der Waals surface area contributed by atoms with Crippen molar-refractivity contribution in [2.75, 3.05) is 16.4 Å². The normalized spacial score (nSPS) is 11.2. The molecule has 0 fully saturated rings. The maximum Gasteiger partial charge on any atom is 0.271 e. The number of nitro benzene ring substituents is 1. The predicted octanol–water partition coefficient (Wildman–Crippen LogP) is 2.36. The molecule has 0 aliphatic rings. The van der Waals surface area contributed by atoms with Crippen molar-refractivity contribution in [1.82, 2.24) is 0 Å². The minimum atomic E-state index is -3.48. The lowest BCUT2D eigenvalue weighted by atomic mass is 10.3. The van der Waals surface area contributed by atoms with Crippen molar-refractivity contribution < 1.29 is 13.3 Å². The average molecular weight is 293 g/mol. The van der Waals surface area contributed by atoms with E-state index in [2.05, 4.69) is 4.72 Å². The van der Waals surface area contributed by atoms with Crippen LogP contribution in [0.15, 0.2) is 24.3 Å². The van der Waals surface area contributed by atoms with Gasteiger partial charge in [0.15, 0.2) is 0 Å². The largest absolute Gasteiger partial charge is 0.283 e. The number of unbranched alkanes of at least 4 members (excludes halogenated alkanes) is 1. The molecule has 0 spiro atoms. The lowest BCUT2D eigenvalue weighted by Crippen LogP contribution is -2.16. The molecule has 0 saturated carbocycles. The van der Waals surface area contributed by atoms with Crippen LogP contribution in [0.2, 0.25) is 0 Å². The number of alkyl halides is 1. The summed E-state index contributed by atoms with van der Waals surface area (Å²) in [5, 5.41) is 10.5. The van der Waals surface area contributed by atoms with Gasteiger partial charge in [-0.1, -0.05) is 6.07 Å². The molecule has 1 aromatic rings. The Bertz CT molecular complexity index is 518. The van der Waals surface area contributed by atoms with Crippen LogP contribution in [0.5, 0.6) is 0 Å². The van der Waals surface area contributed by atoms with Crippen molar-refractivity contribution >= 4 is 33.0 Å². The number of anilines is 1. The molecule has 0 amide bonds. The summed E-state index contributed by atoms with van der Waals surface area (Å²) in [7, 11) is -3.48. The molecule has 0 heterocycles. The van der Waals surface area contributed by atoms with E-state index in [0.717, 1.165) is 0 Å². The van der Waals surface area contributed by atoms with Gasteiger partial charge in [-0.15, -0.1) is 11.6 Å². The standard InChI is InChI=1S/C10H13ClN2O4S/c11-6-1-2-7-18(16,17)12-9-4-3-5-10(8-9)13(14)15/h3-5,8,12H,1-2,6-7H2. The molecule has 18 heavy (non-hydrogen) atoms. The molecule has 0 radical (unpaired) electrons. The van der Waals surface area contributed by atoms with Crippen LogP contribution in [0.1, 0.15) is 12.8 Å². The zero-order valence-electron chi connectivity index (χ0n) is 9.50. The van der Waals surface area contributed by atoms with Gasteiger partial charge in [0, 0.05) is 18.0 Å². The minimum Gasteiger partial charge on any atom is -0.283 e. The molecule has 8 heteroatoms. The number of benzene rings is 1. The quantitative estimate of drug-likeness (QED) is 0.361. The minimum absolute atomic E-state index is 0.0532. The number of nitro groups is 1. The summed E-state index contributed by atoms with van der Waals surface area (Å²) in [5.74, 6) is 0.356. The van der Waals surface area contributed by atoms with E-state index in [1.54, 1.807) is 0 Å². The van der Waals surface area contributed by atoms with Gasteiger partial charge in [0.2, 0.25) is 10.0 Å². The third-order valence-electron chi connectivity index (χ3n) is 2.13. The van der Waals surface area contributed by atoms with E-state index in [1.165, 1.54) is 24.3 Å². The fourth-order valence-corrected chi connectivity index (χ4v) is 2.66. The lowest BCUT2D eigenvalue weighted by Gasteiger charge is -2.07. The fourth-order valence-electron chi connectivity index (χ4n) is 1.30. The van der Waals surface area contributed by atoms with Gasteiger partial charge < -0.3 is 0 Å². The van der Waals surface area contributed by atoms with Gasteiger partial charge in [-0.2, -0.15) is 0 Å². The van der Waals surface area contributed by atoms with E-state index in [4.69, 9.17) is 11.6 Å². The van der Waals surface area contributed by atoms with Gasteiger partial charge in [0.25, 0.3) is 5.69 Å². The molecule has 0 aromatic heterocycles. The second-order valence-electron chi connectivity index (χ2n) is 3.62. The average Bonchev–Trinajstić information content (AvgIpc) is 2.28. The molecule has 0 saturated heterocycles. The predicted molar refractivity (Wildman–Crippen MR) is 70.5 cm³/mol. The van der Waals surface area contributed by atoms with E-state index in [9.17, 15) is 18.5 Å². The molecule has 0 unspecified atom stereocenters. The monoisotopic (exact) mass is 292 g/mol. The van der Waals surface area contributed by atoms with Crippen molar-refractivity contribution in [3.63, 3.8) is 0 Å². The molecular weight excluding hydrogens is 280 g/mol. The van der Waals surface area contributed by atoms with Crippen molar-refractivity contribution in [2.24, 2.45) is 0 Å². The van der Waals surface area contributed by atoms with E-state index in [0.29, 0.717) is 18.7 Å². The van der Waals surface area contributed by atoms with Crippen LogP contribution >= 0.6 is 11.6 Å². The maximum absolute atomic E-state index is 11.6. The zero-order chi connectivity index (χ0) is 13.6. The summed E-state index contributed by atoms with van der Waals surface area (Å²) in [6, 6.07) is 5.37. The van der Waals surface area contributed by atoms with Gasteiger partial charge in [0.1, 0.15) is 0 Å². The first-order chi connectivity index (χ1) is 8.44. The summed E-state index contributed by atoms with van der Waals surface area (Å²) >= 11 is 5.46. The van der Waals surface area contributed by atoms with Crippen LogP contribution in [-0.2, 0) is 10.0 Å². The number of nitrogens with zero attached hydrogens (tertiary/aromatic N) is 1. The number of sulfonamides is 1. The Kier molecular flexibility index (Phi) is 5.36. The van der Waals surface area contributed by atoms with E-state index in [-0.39, 0.29) is 17.1 Å². The molecule has 0 aliphatic heterocycles. The summed E-state index contributed by atoms with van der Waals surface area (Å²) in [5.41, 5.74) is 0.0334. The Balaban J connectivity index is 2.72. The van der Waals surface area contributed by atoms with Gasteiger partial charge in [-0.3, -0.25) is 14.8 Å². The van der Waals surface area contributed by atoms with Crippen LogP contribution in [-0.4, -0.2) is 25.0 Å². The molecule has 6 nitrogen and oxygen atoms in total. The number of halogens is 1. The van der Waals surface area contributed by atoms with Gasteiger partial charge in [-0.25, -0.2) is 8.42 Å². The van der Waals surface area contributed by atoms with Crippen molar-refractivity contribution in [2.45, 2.75) is 12.8 Å². The SMILES string of the molecule is O=[N+]([O-])c1cccc(NS(=O)(=O)CCCCCl)c1. The summed E-state index contributed by atoms with van der Waals surface area (Å²) in [4.78, 5) is 9.97. The molecule has 1 rings (SSSR count). The third kappa shape index (κ3) is 4.89. The highest BCUT2D eigenvalue weighted by molar-refractivity contribution is 7.92. The van der Waals surface area contributed by atoms with Gasteiger partial charge in [0.05, 0.1) is 16.4 Å². The Morgan fingerprint density at radius 2 is 2.06 bits per heavy atom. The van der Waals surface area contributed by atoms with Crippen molar-refractivity contribution in [3.05, 3.63) is 34.4 Å². The van der Waals surface area contributed by atoms with E-state index in [1.807, 2.05) is 0 Å². The van der Waals surface area contributed by atoms with Crippen LogP contribution < -0.4 is 4.72 Å². The molecule has 1 aromatic carbocycles. The Morgan fingerprint density at radius 1 is 1.33 bits per heavy atom. The maximum atomic E-state index is 11.6. The topological polar surface area (TPSA) is 89.3 Å². The number of hydrogen-bond acceptors (Lipinski definition) is 4. The van der Waals surface area contributed by atoms with Gasteiger partial charge >= 0.3 is 0 Å². The Hall–Kier alpha value is -1.34. The van der Waals surface area contributed by atoms with Crippen LogP contribution in [0.25, 0.3) is 0 Å². The highest BCUT2D eigenvalue weighted by Crippen LogP contribution is 2.18. The first-order valence-corrected chi connectivity index (χ1v) is 7.44. The summed E-state index contributed by atoms with van der Waals surface area (Å²) in [6.07, 6.45) is 1.06. The molecular formula is C10H13ClN2O4S. The van der Waals surface area contributed by atoms with Crippen LogP contribution in [0, 0.1) is 10.1 Å². The Morgan fingerprint density at radius 3 is 2.67 bits per heavy atom. The third-order valence-corrected chi connectivity index (χ3v) is 3.77. The Labute approximate surface area is 110 Å². The van der Waals surface area contributed by atoms with E-state index < -0.39 is 14.9 Å². The van der Waals surface area contributed by atoms with Crippen molar-refractivity contribution in [3.8, 4) is 0 Å². The van der Waals surface area contributed by atoms with Crippen LogP contribution in [0.4, 0.5) is 11.4 Å². The summed E-state index contributed by atoms with van der Waals surface area (Å²) in [6.45, 7) is 0. The fraction of sp³-hybridized carbons (Fsp3) is 0.400. The number of non-ortho nitro benzene ring substituents is 1. The van der Waals surface area contributed by atoms with E-state index >= 15 is 0 Å². The highest BCUT2D eigenvalue weighted by atomic mass is 35.5. The zero-order valence-corrected chi connectivity index (χ0v) is 11.1. The second-order valence-corrected chi connectivity index (χ2v) is 5.84. The number of rotatable bonds is 7. The smallest absolute Gasteiger partial charge is 0.271 e. The second kappa shape index (κ2) is 6.55. The summed E-state index contributed by atoms with van der Waals surface area (Å²) < 4.78 is 25.6. The highest BCUT2D eigenvalue weighted by Gasteiger charge is 2.12. The number of hydrogen-bond donors (Lipinski definition) is 1. The molecule has 0 bridgehead atoms. The molecule has 0 aliphatic carbocycles. The lowest BCUT2D eigenvalue weighted by molar-refractivity contribution is -0.384. The first kappa shape index (κ1) is 14.7. The van der Waals surface area contributed by atoms with Crippen LogP contribution in [0.3, 0.4) is 0 Å². The molecule has 1 N–H and O–H groups in total. The molecule has 0 atom stereocenters. The number of nitrogens with one attached hydrogen (secondary N) is 1. The first-order valence-electron chi connectivity index (χ1n) is 5.25. The van der Waals surface area contributed by atoms with Gasteiger partial charge in [-0.05, 0) is 18.9 Å².